The van der Waals surface area contributed by atoms with Crippen molar-refractivity contribution in [3.05, 3.63) is 35.1 Å². The highest BCUT2D eigenvalue weighted by Gasteiger charge is 2.08. The van der Waals surface area contributed by atoms with E-state index in [-0.39, 0.29) is 5.91 Å². The Kier molecular flexibility index (Phi) is 4.16. The molecule has 0 bridgehead atoms. The first kappa shape index (κ1) is 14.0. The van der Waals surface area contributed by atoms with Gasteiger partial charge in [-0.3, -0.25) is 9.89 Å². The molecule has 0 radical (unpaired) electrons. The topological polar surface area (TPSA) is 83.6 Å². The molecule has 3 aromatic rings. The van der Waals surface area contributed by atoms with Gasteiger partial charge in [-0.2, -0.15) is 0 Å². The molecule has 6 nitrogen and oxygen atoms in total. The van der Waals surface area contributed by atoms with Crippen LogP contribution < -0.4 is 5.32 Å². The van der Waals surface area contributed by atoms with E-state index in [2.05, 4.69) is 25.5 Å². The van der Waals surface area contributed by atoms with Crippen molar-refractivity contribution in [1.82, 2.24) is 25.5 Å². The maximum absolute atomic E-state index is 11.9. The predicted molar refractivity (Wildman–Crippen MR) is 83.3 cm³/mol. The van der Waals surface area contributed by atoms with Gasteiger partial charge in [0.1, 0.15) is 5.82 Å². The van der Waals surface area contributed by atoms with Gasteiger partial charge >= 0.3 is 0 Å². The van der Waals surface area contributed by atoms with Gasteiger partial charge in [0, 0.05) is 6.54 Å². The Hall–Kier alpha value is -1.93. The number of carbonyl (C=O) groups is 1. The zero-order valence-electron chi connectivity index (χ0n) is 11.3. The smallest absolute Gasteiger partial charge is 0.230 e. The molecule has 0 aliphatic heterocycles. The molecule has 0 unspecified atom stereocenters. The highest BCUT2D eigenvalue weighted by molar-refractivity contribution is 7.99. The lowest BCUT2D eigenvalue weighted by Crippen LogP contribution is -2.24. The van der Waals surface area contributed by atoms with Gasteiger partial charge in [-0.05, 0) is 18.6 Å². The number of fused-ring (bicyclic) bond motifs is 1. The summed E-state index contributed by atoms with van der Waals surface area (Å²) in [6, 6.07) is 5.93. The molecule has 0 spiro atoms. The standard InChI is InChI=1S/C13H13N5OS2/c1-8-16-13(18-17-8)20-6-11(19)14-5-9-3-2-4-10-12(9)21-7-15-10/h2-4,7H,5-6H2,1H3,(H,14,19)(H,16,17,18). The van der Waals surface area contributed by atoms with Gasteiger partial charge in [0.2, 0.25) is 11.1 Å². The molecule has 0 aliphatic carbocycles. The minimum atomic E-state index is -0.0380. The van der Waals surface area contributed by atoms with Crippen molar-refractivity contribution in [2.75, 3.05) is 5.75 Å². The normalized spacial score (nSPS) is 10.9. The van der Waals surface area contributed by atoms with E-state index in [9.17, 15) is 4.79 Å². The number of rotatable bonds is 5. The molecule has 0 fully saturated rings. The number of benzene rings is 1. The molecule has 8 heteroatoms. The maximum atomic E-state index is 11.9. The Labute approximate surface area is 129 Å². The summed E-state index contributed by atoms with van der Waals surface area (Å²) in [7, 11) is 0. The molecule has 1 amide bonds. The van der Waals surface area contributed by atoms with E-state index in [4.69, 9.17) is 0 Å². The number of carbonyl (C=O) groups excluding carboxylic acids is 1. The molecule has 0 atom stereocenters. The van der Waals surface area contributed by atoms with Gasteiger partial charge in [0.25, 0.3) is 0 Å². The number of thiazole rings is 1. The van der Waals surface area contributed by atoms with Crippen molar-refractivity contribution in [2.45, 2.75) is 18.6 Å². The molecule has 21 heavy (non-hydrogen) atoms. The van der Waals surface area contributed by atoms with E-state index in [0.717, 1.165) is 21.6 Å². The zero-order chi connectivity index (χ0) is 14.7. The highest BCUT2D eigenvalue weighted by atomic mass is 32.2. The van der Waals surface area contributed by atoms with Gasteiger partial charge in [-0.25, -0.2) is 9.97 Å². The summed E-state index contributed by atoms with van der Waals surface area (Å²) in [5.41, 5.74) is 3.87. The SMILES string of the molecule is Cc1nc(SCC(=O)NCc2cccc3ncsc23)n[nH]1. The van der Waals surface area contributed by atoms with E-state index < -0.39 is 0 Å². The highest BCUT2D eigenvalue weighted by Crippen LogP contribution is 2.22. The summed E-state index contributed by atoms with van der Waals surface area (Å²) in [4.78, 5) is 20.3. The number of hydrogen-bond donors (Lipinski definition) is 2. The van der Waals surface area contributed by atoms with Crippen molar-refractivity contribution < 1.29 is 4.79 Å². The van der Waals surface area contributed by atoms with Gasteiger partial charge in [-0.1, -0.05) is 23.9 Å². The van der Waals surface area contributed by atoms with Crippen molar-refractivity contribution in [2.24, 2.45) is 0 Å². The second kappa shape index (κ2) is 6.23. The molecule has 0 saturated carbocycles. The Balaban J connectivity index is 1.55. The van der Waals surface area contributed by atoms with Crippen LogP contribution in [0.2, 0.25) is 0 Å². The van der Waals surface area contributed by atoms with E-state index in [1.165, 1.54) is 11.8 Å². The summed E-state index contributed by atoms with van der Waals surface area (Å²) >= 11 is 2.90. The number of thioether (sulfide) groups is 1. The lowest BCUT2D eigenvalue weighted by Gasteiger charge is -2.05. The zero-order valence-corrected chi connectivity index (χ0v) is 12.9. The van der Waals surface area contributed by atoms with Crippen LogP contribution in [-0.4, -0.2) is 31.8 Å². The van der Waals surface area contributed by atoms with Crippen LogP contribution in [0.1, 0.15) is 11.4 Å². The van der Waals surface area contributed by atoms with Crippen molar-refractivity contribution in [3.8, 4) is 0 Å². The maximum Gasteiger partial charge on any atom is 0.230 e. The summed E-state index contributed by atoms with van der Waals surface area (Å²) in [6.45, 7) is 2.33. The Morgan fingerprint density at radius 3 is 3.19 bits per heavy atom. The Bertz CT molecular complexity index is 767. The van der Waals surface area contributed by atoms with Crippen LogP contribution in [0, 0.1) is 6.92 Å². The summed E-state index contributed by atoms with van der Waals surface area (Å²) in [6.07, 6.45) is 0. The second-order valence-electron chi connectivity index (χ2n) is 4.39. The second-order valence-corrected chi connectivity index (χ2v) is 6.18. The summed E-state index contributed by atoms with van der Waals surface area (Å²) in [5.74, 6) is 1.01. The van der Waals surface area contributed by atoms with Crippen LogP contribution in [0.25, 0.3) is 10.2 Å². The quantitative estimate of drug-likeness (QED) is 0.704. The first-order valence-electron chi connectivity index (χ1n) is 6.32. The largest absolute Gasteiger partial charge is 0.351 e. The molecule has 0 saturated heterocycles. The first-order chi connectivity index (χ1) is 10.2. The number of aromatic amines is 1. The summed E-state index contributed by atoms with van der Waals surface area (Å²) in [5, 5.41) is 10.2. The van der Waals surface area contributed by atoms with Crippen LogP contribution in [0.3, 0.4) is 0 Å². The number of H-pyrrole nitrogens is 1. The Morgan fingerprint density at radius 2 is 2.38 bits per heavy atom. The molecule has 2 heterocycles. The van der Waals surface area contributed by atoms with Crippen molar-refractivity contribution >= 4 is 39.2 Å². The third-order valence-corrected chi connectivity index (χ3v) is 4.59. The van der Waals surface area contributed by atoms with E-state index in [1.54, 1.807) is 11.3 Å². The monoisotopic (exact) mass is 319 g/mol. The van der Waals surface area contributed by atoms with Crippen molar-refractivity contribution in [1.29, 1.82) is 0 Å². The van der Waals surface area contributed by atoms with Crippen molar-refractivity contribution in [3.63, 3.8) is 0 Å². The van der Waals surface area contributed by atoms with Gasteiger partial charge in [0.05, 0.1) is 21.5 Å². The van der Waals surface area contributed by atoms with Crippen LogP contribution >= 0.6 is 23.1 Å². The third-order valence-electron chi connectivity index (χ3n) is 2.82. The Morgan fingerprint density at radius 1 is 1.48 bits per heavy atom. The lowest BCUT2D eigenvalue weighted by molar-refractivity contribution is -0.118. The molecule has 2 N–H and O–H groups in total. The van der Waals surface area contributed by atoms with E-state index in [1.807, 2.05) is 30.6 Å². The van der Waals surface area contributed by atoms with Crippen LogP contribution in [0.5, 0.6) is 0 Å². The third kappa shape index (κ3) is 3.40. The number of nitrogens with one attached hydrogen (secondary N) is 2. The predicted octanol–water partition coefficient (Wildman–Crippen LogP) is 2.13. The molecule has 0 aliphatic rings. The first-order valence-corrected chi connectivity index (χ1v) is 8.18. The molecule has 108 valence electrons. The fourth-order valence-electron chi connectivity index (χ4n) is 1.85. The van der Waals surface area contributed by atoms with Crippen LogP contribution in [-0.2, 0) is 11.3 Å². The van der Waals surface area contributed by atoms with Crippen LogP contribution in [0.15, 0.2) is 28.9 Å². The fraction of sp³-hybridized carbons (Fsp3) is 0.231. The molecule has 2 aromatic heterocycles. The van der Waals surface area contributed by atoms with Gasteiger partial charge in [0.15, 0.2) is 0 Å². The molecular formula is C13H13N5OS2. The number of hydrogen-bond acceptors (Lipinski definition) is 6. The number of aryl methyl sites for hydroxylation is 1. The van der Waals surface area contributed by atoms with E-state index in [0.29, 0.717) is 17.5 Å². The molecule has 3 rings (SSSR count). The van der Waals surface area contributed by atoms with Gasteiger partial charge < -0.3 is 5.32 Å². The van der Waals surface area contributed by atoms with Gasteiger partial charge in [-0.15, -0.1) is 16.4 Å². The molecule has 1 aromatic carbocycles. The molecular weight excluding hydrogens is 306 g/mol. The number of amides is 1. The lowest BCUT2D eigenvalue weighted by atomic mass is 10.2. The van der Waals surface area contributed by atoms with Crippen LogP contribution in [0.4, 0.5) is 0 Å². The fourth-order valence-corrected chi connectivity index (χ4v) is 3.32. The number of aromatic nitrogens is 4. The number of nitrogens with zero attached hydrogens (tertiary/aromatic N) is 3. The minimum absolute atomic E-state index is 0.0380. The summed E-state index contributed by atoms with van der Waals surface area (Å²) < 4.78 is 1.12. The average molecular weight is 319 g/mol. The average Bonchev–Trinajstić information content (AvgIpc) is 3.11. The minimum Gasteiger partial charge on any atom is -0.351 e. The van der Waals surface area contributed by atoms with E-state index >= 15 is 0 Å².